The van der Waals surface area contributed by atoms with Gasteiger partial charge in [-0.25, -0.2) is 19.3 Å². The highest BCUT2D eigenvalue weighted by atomic mass is 19.4. The zero-order chi connectivity index (χ0) is 32.5. The van der Waals surface area contributed by atoms with Crippen LogP contribution >= 0.6 is 0 Å². The Hall–Kier alpha value is -4.50. The van der Waals surface area contributed by atoms with Crippen molar-refractivity contribution in [1.82, 2.24) is 9.80 Å². The maximum atomic E-state index is 14.4. The van der Waals surface area contributed by atoms with Gasteiger partial charge in [-0.2, -0.15) is 26.3 Å². The number of benzene rings is 2. The van der Waals surface area contributed by atoms with Crippen molar-refractivity contribution in [2.75, 3.05) is 17.7 Å². The number of para-hydroxylation sites is 1. The number of aliphatic carboxylic acids is 1. The Kier molecular flexibility index (Phi) is 9.22. The molecule has 0 radical (unpaired) electrons. The highest BCUT2D eigenvalue weighted by molar-refractivity contribution is 6.10. The highest BCUT2D eigenvalue weighted by Crippen LogP contribution is 2.53. The summed E-state index contributed by atoms with van der Waals surface area (Å²) in [5.74, 6) is -5.52. The summed E-state index contributed by atoms with van der Waals surface area (Å²) in [5, 5.41) is 14.6. The number of carbonyl (C=O) groups is 4. The third kappa shape index (κ3) is 6.17. The van der Waals surface area contributed by atoms with Gasteiger partial charge < -0.3 is 20.5 Å². The molecule has 234 valence electrons. The molecule has 0 aromatic heterocycles. The number of carbonyl (C=O) groups excluding carboxylic acids is 3. The summed E-state index contributed by atoms with van der Waals surface area (Å²) < 4.78 is 91.3. The minimum Gasteiger partial charge on any atom is -0.495 e. The molecule has 3 rings (SSSR count). The van der Waals surface area contributed by atoms with Crippen LogP contribution in [0.1, 0.15) is 31.4 Å². The normalized spacial score (nSPS) is 16.0. The Labute approximate surface area is 241 Å². The molecule has 10 nitrogen and oxygen atoms in total. The lowest BCUT2D eigenvalue weighted by Gasteiger charge is -2.37. The molecule has 1 aliphatic heterocycles. The van der Waals surface area contributed by atoms with Gasteiger partial charge in [0.2, 0.25) is 0 Å². The van der Waals surface area contributed by atoms with Crippen LogP contribution < -0.4 is 15.4 Å². The molecule has 2 aromatic carbocycles. The average molecular weight is 619 g/mol. The van der Waals surface area contributed by atoms with Crippen LogP contribution in [-0.4, -0.2) is 69.9 Å². The van der Waals surface area contributed by atoms with Gasteiger partial charge in [-0.05, 0) is 48.6 Å². The molecule has 16 heteroatoms. The number of aryl methyl sites for hydroxylation is 1. The third-order valence-corrected chi connectivity index (χ3v) is 6.73. The van der Waals surface area contributed by atoms with E-state index >= 15 is 0 Å². The number of methoxy groups -OCH3 is 1. The minimum absolute atomic E-state index is 0.0245. The van der Waals surface area contributed by atoms with Crippen LogP contribution in [0.15, 0.2) is 42.5 Å². The van der Waals surface area contributed by atoms with Gasteiger partial charge in [-0.1, -0.05) is 38.1 Å². The number of nitrogens with zero attached hydrogens (tertiary/aromatic N) is 2. The molecule has 3 N–H and O–H groups in total. The van der Waals surface area contributed by atoms with E-state index in [2.05, 4.69) is 10.6 Å². The molecule has 0 bridgehead atoms. The predicted molar refractivity (Wildman–Crippen MR) is 140 cm³/mol. The van der Waals surface area contributed by atoms with E-state index in [0.717, 1.165) is 30.9 Å². The largest absolute Gasteiger partial charge is 0.495 e. The molecule has 5 amide bonds. The number of nitrogens with one attached hydrogen (secondary N) is 2. The van der Waals surface area contributed by atoms with E-state index in [0.29, 0.717) is 5.69 Å². The first-order valence-electron chi connectivity index (χ1n) is 12.7. The lowest BCUT2D eigenvalue weighted by molar-refractivity contribution is -0.315. The number of rotatable bonds is 9. The van der Waals surface area contributed by atoms with Crippen LogP contribution in [0.3, 0.4) is 0 Å². The van der Waals surface area contributed by atoms with Gasteiger partial charge in [0.05, 0.1) is 12.8 Å². The molecule has 2 aromatic rings. The Morgan fingerprint density at radius 3 is 2.07 bits per heavy atom. The number of ether oxygens (including phenoxy) is 1. The van der Waals surface area contributed by atoms with Crippen molar-refractivity contribution in [2.24, 2.45) is 5.92 Å². The SMILES string of the molecule is COc1cc(CN2C(=O)N(C(CC(C)C)C(=O)O)C(=O)C2(C(F)(F)F)C(F)(F)F)ccc1NC(=O)Nc1ccccc1C. The number of anilines is 2. The third-order valence-electron chi connectivity index (χ3n) is 6.73. The molecule has 1 heterocycles. The molecule has 1 aliphatic rings. The molecular weight excluding hydrogens is 590 g/mol. The number of imide groups is 1. The number of hydrogen-bond acceptors (Lipinski definition) is 5. The fourth-order valence-electron chi connectivity index (χ4n) is 4.69. The van der Waals surface area contributed by atoms with Crippen molar-refractivity contribution < 1.29 is 55.4 Å². The number of amides is 5. The van der Waals surface area contributed by atoms with Crippen molar-refractivity contribution in [2.45, 2.75) is 57.7 Å². The van der Waals surface area contributed by atoms with Crippen molar-refractivity contribution in [3.8, 4) is 5.75 Å². The summed E-state index contributed by atoms with van der Waals surface area (Å²) in [6, 6.07) is 4.78. The van der Waals surface area contributed by atoms with Crippen LogP contribution in [-0.2, 0) is 16.1 Å². The van der Waals surface area contributed by atoms with E-state index in [4.69, 9.17) is 4.74 Å². The lowest BCUT2D eigenvalue weighted by Crippen LogP contribution is -2.69. The molecule has 0 aliphatic carbocycles. The molecule has 0 spiro atoms. The number of hydrogen-bond donors (Lipinski definition) is 3. The first-order valence-corrected chi connectivity index (χ1v) is 12.7. The van der Waals surface area contributed by atoms with Gasteiger partial charge in [0.15, 0.2) is 0 Å². The predicted octanol–water partition coefficient (Wildman–Crippen LogP) is 5.77. The fraction of sp³-hybridized carbons (Fsp3) is 0.407. The quantitative estimate of drug-likeness (QED) is 0.242. The number of carboxylic acids is 1. The summed E-state index contributed by atoms with van der Waals surface area (Å²) in [5.41, 5.74) is -4.54. The fourth-order valence-corrected chi connectivity index (χ4v) is 4.69. The molecule has 1 fully saturated rings. The summed E-state index contributed by atoms with van der Waals surface area (Å²) in [6.07, 6.45) is -13.4. The first-order chi connectivity index (χ1) is 19.9. The molecule has 1 unspecified atom stereocenters. The first kappa shape index (κ1) is 33.0. The standard InChI is InChI=1S/C27H28F6N4O6/c1-14(2)11-19(21(38)39)37-22(40)25(26(28,29)30,27(31,32)33)36(24(37)42)13-16-9-10-18(20(12-16)43-4)35-23(41)34-17-8-6-5-7-15(17)3/h5-10,12,14,19H,11,13H2,1-4H3,(H,38,39)(H2,34,35,41). The van der Waals surface area contributed by atoms with Gasteiger partial charge >= 0.3 is 35.9 Å². The van der Waals surface area contributed by atoms with E-state index in [1.54, 1.807) is 31.2 Å². The number of halogens is 6. The average Bonchev–Trinajstić information content (AvgIpc) is 3.10. The maximum Gasteiger partial charge on any atom is 0.430 e. The smallest absolute Gasteiger partial charge is 0.430 e. The molecule has 43 heavy (non-hydrogen) atoms. The van der Waals surface area contributed by atoms with Crippen LogP contribution in [0.5, 0.6) is 5.75 Å². The summed E-state index contributed by atoms with van der Waals surface area (Å²) >= 11 is 0. The number of urea groups is 2. The van der Waals surface area contributed by atoms with Gasteiger partial charge in [0.25, 0.3) is 5.91 Å². The Bertz CT molecular complexity index is 1400. The van der Waals surface area contributed by atoms with E-state index in [-0.39, 0.29) is 17.0 Å². The van der Waals surface area contributed by atoms with E-state index in [1.807, 2.05) is 0 Å². The zero-order valence-corrected chi connectivity index (χ0v) is 23.3. The van der Waals surface area contributed by atoms with Crippen molar-refractivity contribution in [3.05, 3.63) is 53.6 Å². The van der Waals surface area contributed by atoms with Gasteiger partial charge in [0, 0.05) is 12.2 Å². The summed E-state index contributed by atoms with van der Waals surface area (Å²) in [6.45, 7) is 3.16. The van der Waals surface area contributed by atoms with E-state index < -0.39 is 76.6 Å². The Morgan fingerprint density at radius 2 is 1.56 bits per heavy atom. The van der Waals surface area contributed by atoms with Crippen molar-refractivity contribution in [1.29, 1.82) is 0 Å². The second-order valence-corrected chi connectivity index (χ2v) is 10.2. The van der Waals surface area contributed by atoms with Crippen molar-refractivity contribution in [3.63, 3.8) is 0 Å². The topological polar surface area (TPSA) is 128 Å². The minimum atomic E-state index is -6.38. The molecular formula is C27H28F6N4O6. The Morgan fingerprint density at radius 1 is 0.977 bits per heavy atom. The van der Waals surface area contributed by atoms with Gasteiger partial charge in [0.1, 0.15) is 11.8 Å². The monoisotopic (exact) mass is 618 g/mol. The van der Waals surface area contributed by atoms with Gasteiger partial charge in [-0.15, -0.1) is 0 Å². The second kappa shape index (κ2) is 12.0. The van der Waals surface area contributed by atoms with Crippen LogP contribution in [0.25, 0.3) is 0 Å². The molecule has 1 atom stereocenters. The number of alkyl halides is 6. The summed E-state index contributed by atoms with van der Waals surface area (Å²) in [7, 11) is 1.12. The molecule has 1 saturated heterocycles. The second-order valence-electron chi connectivity index (χ2n) is 10.2. The summed E-state index contributed by atoms with van der Waals surface area (Å²) in [4.78, 5) is 49.4. The van der Waals surface area contributed by atoms with E-state index in [9.17, 15) is 50.6 Å². The van der Waals surface area contributed by atoms with Gasteiger partial charge in [-0.3, -0.25) is 9.69 Å². The lowest BCUT2D eigenvalue weighted by atomic mass is 9.94. The Balaban J connectivity index is 2.04. The van der Waals surface area contributed by atoms with E-state index in [1.165, 1.54) is 13.8 Å². The van der Waals surface area contributed by atoms with Crippen LogP contribution in [0.4, 0.5) is 47.3 Å². The highest BCUT2D eigenvalue weighted by Gasteiger charge is 2.84. The number of carboxylic acid groups (broad SMARTS) is 1. The van der Waals surface area contributed by atoms with Crippen LogP contribution in [0, 0.1) is 12.8 Å². The zero-order valence-electron chi connectivity index (χ0n) is 23.3. The van der Waals surface area contributed by atoms with Crippen molar-refractivity contribution >= 4 is 35.3 Å². The molecule has 0 saturated carbocycles. The van der Waals surface area contributed by atoms with Crippen LogP contribution in [0.2, 0.25) is 0 Å². The maximum absolute atomic E-state index is 14.4.